The van der Waals surface area contributed by atoms with Crippen LogP contribution in [0.3, 0.4) is 0 Å². The topological polar surface area (TPSA) is 88.2 Å². The average Bonchev–Trinajstić information content (AvgIpc) is 3.06. The minimum absolute atomic E-state index is 0.00722. The van der Waals surface area contributed by atoms with Gasteiger partial charge in [0.25, 0.3) is 5.91 Å². The van der Waals surface area contributed by atoms with E-state index in [9.17, 15) is 14.0 Å². The Hall–Kier alpha value is -3.70. The minimum Gasteiger partial charge on any atom is -0.452 e. The summed E-state index contributed by atoms with van der Waals surface area (Å²) in [6.07, 6.45) is 0.127. The Labute approximate surface area is 195 Å². The van der Waals surface area contributed by atoms with Gasteiger partial charge in [-0.05, 0) is 68.3 Å². The molecule has 0 aliphatic rings. The molecule has 1 heterocycles. The zero-order chi connectivity index (χ0) is 24.1. The molecule has 3 rings (SSSR count). The van der Waals surface area contributed by atoms with Gasteiger partial charge in [0, 0.05) is 12.2 Å². The van der Waals surface area contributed by atoms with Crippen molar-refractivity contribution in [1.29, 1.82) is 5.26 Å². The lowest BCUT2D eigenvalue weighted by Crippen LogP contribution is -2.35. The standard InChI is InChI=1S/C24H22ClFN4O3/c1-15-11-16(2)13-20(12-15)29(10-4-9-27)21(31)14-33-24(32)22-17(3)28-30(23(22)25)19-7-5-18(26)6-8-19/h5-8,11-13H,4,10,14H2,1-3H3. The summed E-state index contributed by atoms with van der Waals surface area (Å²) in [7, 11) is 0. The third-order valence-electron chi connectivity index (χ3n) is 4.87. The SMILES string of the molecule is Cc1cc(C)cc(N(CCC#N)C(=O)COC(=O)c2c(C)nn(-c3ccc(F)cc3)c2Cl)c1. The van der Waals surface area contributed by atoms with Crippen molar-refractivity contribution in [3.8, 4) is 11.8 Å². The normalized spacial score (nSPS) is 10.5. The molecule has 0 saturated heterocycles. The summed E-state index contributed by atoms with van der Waals surface area (Å²) >= 11 is 6.35. The predicted octanol–water partition coefficient (Wildman–Crippen LogP) is 4.69. The first-order chi connectivity index (χ1) is 15.7. The van der Waals surface area contributed by atoms with Crippen LogP contribution in [0.15, 0.2) is 42.5 Å². The van der Waals surface area contributed by atoms with Crippen molar-refractivity contribution in [3.05, 3.63) is 75.8 Å². The highest BCUT2D eigenvalue weighted by Gasteiger charge is 2.25. The number of aryl methyl sites for hydroxylation is 3. The van der Waals surface area contributed by atoms with Crippen molar-refractivity contribution in [1.82, 2.24) is 9.78 Å². The summed E-state index contributed by atoms with van der Waals surface area (Å²) < 4.78 is 19.8. The van der Waals surface area contributed by atoms with Crippen LogP contribution < -0.4 is 4.90 Å². The number of rotatable bonds is 7. The van der Waals surface area contributed by atoms with Crippen molar-refractivity contribution in [2.75, 3.05) is 18.1 Å². The molecule has 33 heavy (non-hydrogen) atoms. The quantitative estimate of drug-likeness (QED) is 0.469. The number of nitriles is 1. The molecule has 0 N–H and O–H groups in total. The highest BCUT2D eigenvalue weighted by Crippen LogP contribution is 2.25. The number of ether oxygens (including phenoxy) is 1. The van der Waals surface area contributed by atoms with Gasteiger partial charge in [-0.15, -0.1) is 0 Å². The molecule has 3 aromatic rings. The van der Waals surface area contributed by atoms with E-state index in [0.717, 1.165) is 11.1 Å². The van der Waals surface area contributed by atoms with Gasteiger partial charge in [-0.1, -0.05) is 17.7 Å². The van der Waals surface area contributed by atoms with E-state index in [1.165, 1.54) is 33.8 Å². The minimum atomic E-state index is -0.806. The van der Waals surface area contributed by atoms with Gasteiger partial charge >= 0.3 is 5.97 Å². The molecule has 7 nitrogen and oxygen atoms in total. The van der Waals surface area contributed by atoms with E-state index in [-0.39, 0.29) is 23.7 Å². The smallest absolute Gasteiger partial charge is 0.343 e. The predicted molar refractivity (Wildman–Crippen MR) is 122 cm³/mol. The van der Waals surface area contributed by atoms with Crippen molar-refractivity contribution < 1.29 is 18.7 Å². The van der Waals surface area contributed by atoms with Crippen LogP contribution in [0, 0.1) is 37.9 Å². The molecule has 170 valence electrons. The lowest BCUT2D eigenvalue weighted by Gasteiger charge is -2.22. The van der Waals surface area contributed by atoms with Gasteiger partial charge in [0.05, 0.1) is 23.9 Å². The third-order valence-corrected chi connectivity index (χ3v) is 5.22. The lowest BCUT2D eigenvalue weighted by atomic mass is 10.1. The first-order valence-electron chi connectivity index (χ1n) is 10.1. The number of esters is 1. The molecule has 9 heteroatoms. The molecule has 0 fully saturated rings. The Morgan fingerprint density at radius 3 is 2.39 bits per heavy atom. The van der Waals surface area contributed by atoms with E-state index >= 15 is 0 Å². The zero-order valence-electron chi connectivity index (χ0n) is 18.4. The third kappa shape index (κ3) is 5.57. The average molecular weight is 469 g/mol. The fourth-order valence-electron chi connectivity index (χ4n) is 3.43. The van der Waals surface area contributed by atoms with Crippen LogP contribution in [0.4, 0.5) is 10.1 Å². The number of hydrogen-bond acceptors (Lipinski definition) is 5. The highest BCUT2D eigenvalue weighted by molar-refractivity contribution is 6.33. The number of nitrogens with zero attached hydrogens (tertiary/aromatic N) is 4. The summed E-state index contributed by atoms with van der Waals surface area (Å²) in [6.45, 7) is 5.03. The highest BCUT2D eigenvalue weighted by atomic mass is 35.5. The molecule has 2 aromatic carbocycles. The fourth-order valence-corrected chi connectivity index (χ4v) is 3.78. The van der Waals surface area contributed by atoms with Crippen LogP contribution >= 0.6 is 11.6 Å². The number of anilines is 1. The first-order valence-corrected chi connectivity index (χ1v) is 10.5. The largest absolute Gasteiger partial charge is 0.452 e. The second kappa shape index (κ2) is 10.3. The molecule has 1 aromatic heterocycles. The van der Waals surface area contributed by atoms with Gasteiger partial charge in [0.2, 0.25) is 0 Å². The summed E-state index contributed by atoms with van der Waals surface area (Å²) in [4.78, 5) is 27.0. The van der Waals surface area contributed by atoms with Crippen LogP contribution in [0.5, 0.6) is 0 Å². The maximum absolute atomic E-state index is 13.2. The first kappa shape index (κ1) is 24.0. The molecular formula is C24H22ClFN4O3. The van der Waals surface area contributed by atoms with Gasteiger partial charge in [-0.2, -0.15) is 10.4 Å². The lowest BCUT2D eigenvalue weighted by molar-refractivity contribution is -0.121. The summed E-state index contributed by atoms with van der Waals surface area (Å²) in [5.74, 6) is -1.69. The molecule has 0 aliphatic heterocycles. The van der Waals surface area contributed by atoms with Crippen molar-refractivity contribution in [2.24, 2.45) is 0 Å². The number of aromatic nitrogens is 2. The second-order valence-corrected chi connectivity index (χ2v) is 7.87. The van der Waals surface area contributed by atoms with E-state index in [4.69, 9.17) is 21.6 Å². The second-order valence-electron chi connectivity index (χ2n) is 7.51. The number of benzene rings is 2. The summed E-state index contributed by atoms with van der Waals surface area (Å²) in [6, 6.07) is 13.1. The van der Waals surface area contributed by atoms with Crippen LogP contribution in [0.25, 0.3) is 5.69 Å². The Morgan fingerprint density at radius 1 is 1.15 bits per heavy atom. The van der Waals surface area contributed by atoms with Gasteiger partial charge in [0.15, 0.2) is 6.61 Å². The van der Waals surface area contributed by atoms with Crippen LogP contribution in [-0.4, -0.2) is 34.8 Å². The van der Waals surface area contributed by atoms with E-state index in [1.807, 2.05) is 38.1 Å². The van der Waals surface area contributed by atoms with Crippen LogP contribution in [-0.2, 0) is 9.53 Å². The Bertz CT molecular complexity index is 1210. The summed E-state index contributed by atoms with van der Waals surface area (Å²) in [5, 5.41) is 13.2. The molecule has 0 atom stereocenters. The molecule has 0 unspecified atom stereocenters. The molecule has 0 bridgehead atoms. The van der Waals surface area contributed by atoms with E-state index < -0.39 is 24.3 Å². The van der Waals surface area contributed by atoms with E-state index in [1.54, 1.807) is 6.92 Å². The molecule has 1 amide bonds. The monoisotopic (exact) mass is 468 g/mol. The van der Waals surface area contributed by atoms with Gasteiger partial charge in [-0.25, -0.2) is 13.9 Å². The molecular weight excluding hydrogens is 447 g/mol. The molecule has 0 spiro atoms. The van der Waals surface area contributed by atoms with Crippen LogP contribution in [0.2, 0.25) is 5.15 Å². The van der Waals surface area contributed by atoms with Gasteiger partial charge in [-0.3, -0.25) is 4.79 Å². The summed E-state index contributed by atoms with van der Waals surface area (Å²) in [5.41, 5.74) is 3.35. The van der Waals surface area contributed by atoms with E-state index in [2.05, 4.69) is 5.10 Å². The van der Waals surface area contributed by atoms with Crippen molar-refractivity contribution >= 4 is 29.2 Å². The molecule has 0 aliphatic carbocycles. The molecule has 0 radical (unpaired) electrons. The number of carbonyl (C=O) groups excluding carboxylic acids is 2. The number of hydrogen-bond donors (Lipinski definition) is 0. The van der Waals surface area contributed by atoms with Gasteiger partial charge < -0.3 is 9.64 Å². The molecule has 0 saturated carbocycles. The Balaban J connectivity index is 1.78. The number of amides is 1. The number of carbonyl (C=O) groups is 2. The maximum atomic E-state index is 13.2. The Morgan fingerprint density at radius 2 is 1.79 bits per heavy atom. The maximum Gasteiger partial charge on any atom is 0.343 e. The Kier molecular flexibility index (Phi) is 7.46. The van der Waals surface area contributed by atoms with Crippen LogP contribution in [0.1, 0.15) is 33.6 Å². The zero-order valence-corrected chi connectivity index (χ0v) is 19.2. The van der Waals surface area contributed by atoms with Crippen molar-refractivity contribution in [3.63, 3.8) is 0 Å². The van der Waals surface area contributed by atoms with Crippen molar-refractivity contribution in [2.45, 2.75) is 27.2 Å². The number of halogens is 2. The van der Waals surface area contributed by atoms with E-state index in [0.29, 0.717) is 17.1 Å². The fraction of sp³-hybridized carbons (Fsp3) is 0.250. The van der Waals surface area contributed by atoms with Gasteiger partial charge in [0.1, 0.15) is 16.5 Å².